The van der Waals surface area contributed by atoms with Crippen LogP contribution in [-0.2, 0) is 24.1 Å². The first-order valence-corrected chi connectivity index (χ1v) is 15.0. The van der Waals surface area contributed by atoms with Gasteiger partial charge in [0, 0.05) is 35.7 Å². The number of nitrogens with zero attached hydrogens (tertiary/aromatic N) is 1. The molecule has 0 saturated carbocycles. The summed E-state index contributed by atoms with van der Waals surface area (Å²) in [4.78, 5) is 39.0. The molecule has 5 nitrogen and oxygen atoms in total. The van der Waals surface area contributed by atoms with Gasteiger partial charge in [0.2, 0.25) is 5.91 Å². The van der Waals surface area contributed by atoms with Crippen LogP contribution in [0, 0.1) is 0 Å². The van der Waals surface area contributed by atoms with Gasteiger partial charge in [0.05, 0.1) is 6.42 Å². The number of benzene rings is 3. The summed E-state index contributed by atoms with van der Waals surface area (Å²) in [5, 5.41) is 1.21. The summed E-state index contributed by atoms with van der Waals surface area (Å²) in [6.45, 7) is 4.95. The van der Waals surface area contributed by atoms with E-state index in [0.29, 0.717) is 19.5 Å². The Morgan fingerprint density at radius 2 is 1.57 bits per heavy atom. The van der Waals surface area contributed by atoms with Crippen molar-refractivity contribution in [3.05, 3.63) is 113 Å². The van der Waals surface area contributed by atoms with Crippen LogP contribution in [0.1, 0.15) is 36.1 Å². The van der Waals surface area contributed by atoms with Gasteiger partial charge >= 0.3 is 8.56 Å². The van der Waals surface area contributed by atoms with Gasteiger partial charge in [0.25, 0.3) is 0 Å². The van der Waals surface area contributed by atoms with Crippen molar-refractivity contribution < 1.29 is 14.4 Å². The SMILES string of the molecule is CC(C)[Si](O)(O)C=Cc1ccc(CC(=O)N(CCc2ccccc2)CCc2c[nH]c3ccccc23)cc1. The van der Waals surface area contributed by atoms with E-state index < -0.39 is 8.56 Å². The molecule has 4 aromatic rings. The summed E-state index contributed by atoms with van der Waals surface area (Å²) in [7, 11) is -3.35. The van der Waals surface area contributed by atoms with Crippen molar-refractivity contribution in [3.63, 3.8) is 0 Å². The number of hydrogen-bond acceptors (Lipinski definition) is 3. The molecule has 0 radical (unpaired) electrons. The van der Waals surface area contributed by atoms with Crippen LogP contribution in [-0.4, -0.2) is 47.0 Å². The smallest absolute Gasteiger partial charge is 0.362 e. The van der Waals surface area contributed by atoms with E-state index in [1.54, 1.807) is 6.08 Å². The van der Waals surface area contributed by atoms with Crippen LogP contribution in [0.5, 0.6) is 0 Å². The molecule has 1 aromatic heterocycles. The lowest BCUT2D eigenvalue weighted by atomic mass is 10.1. The quantitative estimate of drug-likeness (QED) is 0.235. The molecule has 0 spiro atoms. The number of nitrogens with one attached hydrogen (secondary N) is 1. The van der Waals surface area contributed by atoms with Gasteiger partial charge in [0.1, 0.15) is 0 Å². The van der Waals surface area contributed by atoms with Gasteiger partial charge in [-0.05, 0) is 46.9 Å². The Morgan fingerprint density at radius 3 is 2.30 bits per heavy atom. The Hall–Kier alpha value is -3.45. The molecule has 0 unspecified atom stereocenters. The van der Waals surface area contributed by atoms with Gasteiger partial charge in [0.15, 0.2) is 0 Å². The minimum atomic E-state index is -3.35. The third kappa shape index (κ3) is 7.29. The molecule has 192 valence electrons. The third-order valence-corrected chi connectivity index (χ3v) is 9.25. The first-order chi connectivity index (χ1) is 17.8. The van der Waals surface area contributed by atoms with Crippen LogP contribution in [0.15, 0.2) is 90.8 Å². The molecule has 0 atom stereocenters. The summed E-state index contributed by atoms with van der Waals surface area (Å²) in [6.07, 6.45) is 5.74. The van der Waals surface area contributed by atoms with Gasteiger partial charge in [-0.3, -0.25) is 4.79 Å². The largest absolute Gasteiger partial charge is 0.408 e. The molecular formula is C31H36N2O3Si. The number of amides is 1. The second kappa shape index (κ2) is 12.2. The van der Waals surface area contributed by atoms with Crippen LogP contribution >= 0.6 is 0 Å². The number of carbonyl (C=O) groups excluding carboxylic acids is 1. The lowest BCUT2D eigenvalue weighted by molar-refractivity contribution is -0.130. The topological polar surface area (TPSA) is 76.6 Å². The van der Waals surface area contributed by atoms with Gasteiger partial charge in [-0.25, -0.2) is 0 Å². The highest BCUT2D eigenvalue weighted by Crippen LogP contribution is 2.20. The second-order valence-corrected chi connectivity index (χ2v) is 13.0. The molecular weight excluding hydrogens is 476 g/mol. The molecule has 0 fully saturated rings. The van der Waals surface area contributed by atoms with Crippen LogP contribution in [0.25, 0.3) is 17.0 Å². The third-order valence-electron chi connectivity index (χ3n) is 6.90. The lowest BCUT2D eigenvalue weighted by Crippen LogP contribution is -2.36. The average molecular weight is 513 g/mol. The number of aromatic amines is 1. The number of para-hydroxylation sites is 1. The van der Waals surface area contributed by atoms with Gasteiger partial charge in [-0.15, -0.1) is 0 Å². The Labute approximate surface area is 220 Å². The summed E-state index contributed by atoms with van der Waals surface area (Å²) in [6, 6.07) is 26.3. The monoisotopic (exact) mass is 512 g/mol. The Balaban J connectivity index is 1.43. The minimum Gasteiger partial charge on any atom is -0.408 e. The van der Waals surface area contributed by atoms with Gasteiger partial charge < -0.3 is 19.5 Å². The predicted molar refractivity (Wildman–Crippen MR) is 153 cm³/mol. The number of aromatic nitrogens is 1. The fraction of sp³-hybridized carbons (Fsp3) is 0.258. The predicted octanol–water partition coefficient (Wildman–Crippen LogP) is 5.41. The molecule has 3 aromatic carbocycles. The second-order valence-electron chi connectivity index (χ2n) is 9.92. The molecule has 4 rings (SSSR count). The first-order valence-electron chi connectivity index (χ1n) is 12.9. The zero-order valence-electron chi connectivity index (χ0n) is 21.6. The van der Waals surface area contributed by atoms with E-state index >= 15 is 0 Å². The van der Waals surface area contributed by atoms with Gasteiger partial charge in [-0.2, -0.15) is 0 Å². The van der Waals surface area contributed by atoms with Crippen molar-refractivity contribution in [1.29, 1.82) is 0 Å². The van der Waals surface area contributed by atoms with E-state index in [1.165, 1.54) is 22.2 Å². The normalized spacial score (nSPS) is 12.0. The van der Waals surface area contributed by atoms with E-state index in [0.717, 1.165) is 29.5 Å². The fourth-order valence-electron chi connectivity index (χ4n) is 4.31. The fourth-order valence-corrected chi connectivity index (χ4v) is 5.13. The molecule has 0 aliphatic rings. The number of rotatable bonds is 11. The maximum absolute atomic E-state index is 13.4. The summed E-state index contributed by atoms with van der Waals surface area (Å²) < 4.78 is 0. The number of fused-ring (bicyclic) bond motifs is 1. The Morgan fingerprint density at radius 1 is 0.892 bits per heavy atom. The molecule has 0 aliphatic heterocycles. The summed E-state index contributed by atoms with van der Waals surface area (Å²) >= 11 is 0. The van der Waals surface area contributed by atoms with Crippen LogP contribution in [0.4, 0.5) is 0 Å². The standard InChI is InChI=1S/C31H36N2O3Si/c1-24(2)37(35,36)21-18-26-12-14-27(15-13-26)22-31(34)33(19-16-25-8-4-3-5-9-25)20-17-28-23-32-30-11-7-6-10-29(28)30/h3-15,18,21,23-24,32,35-36H,16-17,19-20,22H2,1-2H3. The lowest BCUT2D eigenvalue weighted by Gasteiger charge is -2.23. The van der Waals surface area contributed by atoms with E-state index in [4.69, 9.17) is 0 Å². The minimum absolute atomic E-state index is 0.107. The molecule has 37 heavy (non-hydrogen) atoms. The van der Waals surface area contributed by atoms with Crippen molar-refractivity contribution in [3.8, 4) is 0 Å². The van der Waals surface area contributed by atoms with E-state index in [2.05, 4.69) is 29.2 Å². The maximum atomic E-state index is 13.4. The van der Waals surface area contributed by atoms with Crippen molar-refractivity contribution in [1.82, 2.24) is 9.88 Å². The first kappa shape index (κ1) is 26.6. The van der Waals surface area contributed by atoms with Crippen molar-refractivity contribution in [2.45, 2.75) is 38.7 Å². The van der Waals surface area contributed by atoms with Crippen LogP contribution in [0.3, 0.4) is 0 Å². The summed E-state index contributed by atoms with van der Waals surface area (Å²) in [5.41, 5.74) is 6.75. The molecule has 1 heterocycles. The molecule has 0 bridgehead atoms. The zero-order valence-corrected chi connectivity index (χ0v) is 22.6. The molecule has 1 amide bonds. The highest BCUT2D eigenvalue weighted by atomic mass is 28.4. The Kier molecular flexibility index (Phi) is 8.77. The van der Waals surface area contributed by atoms with Crippen molar-refractivity contribution in [2.24, 2.45) is 0 Å². The number of H-pyrrole nitrogens is 1. The summed E-state index contributed by atoms with van der Waals surface area (Å²) in [5.74, 6) is 0.107. The van der Waals surface area contributed by atoms with Crippen molar-refractivity contribution in [2.75, 3.05) is 13.1 Å². The molecule has 6 heteroatoms. The van der Waals surface area contributed by atoms with Crippen LogP contribution < -0.4 is 0 Å². The molecule has 0 aliphatic carbocycles. The average Bonchev–Trinajstić information content (AvgIpc) is 3.32. The number of carbonyl (C=O) groups is 1. The van der Waals surface area contributed by atoms with E-state index in [1.807, 2.05) is 79.5 Å². The maximum Gasteiger partial charge on any atom is 0.362 e. The van der Waals surface area contributed by atoms with Crippen LogP contribution in [0.2, 0.25) is 5.54 Å². The molecule has 0 saturated heterocycles. The Bertz CT molecular complexity index is 1330. The van der Waals surface area contributed by atoms with Gasteiger partial charge in [-0.1, -0.05) is 92.7 Å². The van der Waals surface area contributed by atoms with E-state index in [-0.39, 0.29) is 11.4 Å². The molecule has 3 N–H and O–H groups in total. The zero-order chi connectivity index (χ0) is 26.3. The highest BCUT2D eigenvalue weighted by molar-refractivity contribution is 6.72. The van der Waals surface area contributed by atoms with Crippen molar-refractivity contribution >= 4 is 31.4 Å². The number of hydrogen-bond donors (Lipinski definition) is 3. The highest BCUT2D eigenvalue weighted by Gasteiger charge is 2.29. The van der Waals surface area contributed by atoms with E-state index in [9.17, 15) is 14.4 Å².